The first-order valence-electron chi connectivity index (χ1n) is 10.5. The highest BCUT2D eigenvalue weighted by atomic mass is 16.1. The van der Waals surface area contributed by atoms with Crippen LogP contribution in [-0.4, -0.2) is 34.1 Å². The summed E-state index contributed by atoms with van der Waals surface area (Å²) in [5.74, 6) is 1.05. The van der Waals surface area contributed by atoms with Crippen LogP contribution in [0.4, 0.5) is 17.6 Å². The Morgan fingerprint density at radius 2 is 1.76 bits per heavy atom. The van der Waals surface area contributed by atoms with Crippen LogP contribution < -0.4 is 22.3 Å². The Bertz CT molecular complexity index is 1540. The van der Waals surface area contributed by atoms with Crippen LogP contribution in [0.2, 0.25) is 0 Å². The zero-order valence-electron chi connectivity index (χ0n) is 18.5. The maximum atomic E-state index is 13.6. The second-order valence-corrected chi connectivity index (χ2v) is 7.81. The van der Waals surface area contributed by atoms with Gasteiger partial charge in [0.2, 0.25) is 5.95 Å². The number of aryl methyl sites for hydroxylation is 1. The molecule has 4 aromatic heterocycles. The van der Waals surface area contributed by atoms with Crippen LogP contribution in [0.25, 0.3) is 22.3 Å². The largest absolute Gasteiger partial charge is 0.383 e. The molecule has 5 rings (SSSR count). The number of para-hydroxylation sites is 1. The summed E-state index contributed by atoms with van der Waals surface area (Å²) in [7, 11) is 0. The van der Waals surface area contributed by atoms with Gasteiger partial charge in [0.1, 0.15) is 23.5 Å². The molecule has 0 aliphatic rings. The van der Waals surface area contributed by atoms with Crippen molar-refractivity contribution in [2.45, 2.75) is 19.9 Å². The Labute approximate surface area is 194 Å². The molecular formula is C23H22N10O. The van der Waals surface area contributed by atoms with Crippen molar-refractivity contribution in [3.05, 3.63) is 83.1 Å². The molecule has 1 atom stereocenters. The molecule has 170 valence electrons. The van der Waals surface area contributed by atoms with Crippen molar-refractivity contribution in [2.75, 3.05) is 16.8 Å². The first kappa shape index (κ1) is 21.1. The average molecular weight is 454 g/mol. The quantitative estimate of drug-likeness (QED) is 0.363. The summed E-state index contributed by atoms with van der Waals surface area (Å²) in [4.78, 5) is 30.2. The maximum Gasteiger partial charge on any atom is 0.282 e. The van der Waals surface area contributed by atoms with E-state index in [1.165, 1.54) is 6.33 Å². The second-order valence-electron chi connectivity index (χ2n) is 7.81. The molecule has 0 unspecified atom stereocenters. The van der Waals surface area contributed by atoms with E-state index in [4.69, 9.17) is 16.6 Å². The standard InChI is InChI=1S/C23H22N10O/c1-13-8-9-32-18(13)22(34)33(16-6-4-3-5-7-16)21(31-32)14(2)28-20-17(15-10-26-12-27-11-15)19(24)29-23(25)30-20/h3-12,14H,1-2H3,(H5,24,25,28,29,30)/t14-/m0/s1. The van der Waals surface area contributed by atoms with Gasteiger partial charge < -0.3 is 16.8 Å². The average Bonchev–Trinajstić information content (AvgIpc) is 3.20. The van der Waals surface area contributed by atoms with E-state index in [2.05, 4.69) is 25.3 Å². The molecular weight excluding hydrogens is 432 g/mol. The number of nitrogens with zero attached hydrogens (tertiary/aromatic N) is 7. The Kier molecular flexibility index (Phi) is 5.13. The Morgan fingerprint density at radius 1 is 1.03 bits per heavy atom. The van der Waals surface area contributed by atoms with Crippen LogP contribution in [0, 0.1) is 6.92 Å². The summed E-state index contributed by atoms with van der Waals surface area (Å²) in [5, 5.41) is 8.08. The molecule has 11 heteroatoms. The van der Waals surface area contributed by atoms with Crippen molar-refractivity contribution in [3.63, 3.8) is 0 Å². The van der Waals surface area contributed by atoms with Gasteiger partial charge in [-0.2, -0.15) is 15.1 Å². The highest BCUT2D eigenvalue weighted by Crippen LogP contribution is 2.33. The summed E-state index contributed by atoms with van der Waals surface area (Å²) in [6.45, 7) is 3.76. The van der Waals surface area contributed by atoms with Gasteiger partial charge in [-0.15, -0.1) is 0 Å². The van der Waals surface area contributed by atoms with E-state index in [1.54, 1.807) is 27.7 Å². The summed E-state index contributed by atoms with van der Waals surface area (Å²) in [6.07, 6.45) is 6.41. The molecule has 0 bridgehead atoms. The molecule has 0 aliphatic carbocycles. The van der Waals surface area contributed by atoms with Gasteiger partial charge >= 0.3 is 0 Å². The van der Waals surface area contributed by atoms with Crippen LogP contribution >= 0.6 is 0 Å². The van der Waals surface area contributed by atoms with E-state index in [0.29, 0.717) is 34.0 Å². The first-order valence-corrected chi connectivity index (χ1v) is 10.5. The molecule has 0 saturated carbocycles. The zero-order chi connectivity index (χ0) is 23.8. The predicted octanol–water partition coefficient (Wildman–Crippen LogP) is 2.38. The van der Waals surface area contributed by atoms with Crippen molar-refractivity contribution in [2.24, 2.45) is 0 Å². The molecule has 5 N–H and O–H groups in total. The van der Waals surface area contributed by atoms with Crippen LogP contribution in [0.1, 0.15) is 24.4 Å². The number of rotatable bonds is 5. The lowest BCUT2D eigenvalue weighted by Gasteiger charge is -2.21. The fraction of sp³-hybridized carbons (Fsp3) is 0.130. The van der Waals surface area contributed by atoms with Crippen LogP contribution in [0.5, 0.6) is 0 Å². The lowest BCUT2D eigenvalue weighted by Crippen LogP contribution is -2.29. The van der Waals surface area contributed by atoms with Gasteiger partial charge in [-0.1, -0.05) is 18.2 Å². The molecule has 0 aliphatic heterocycles. The van der Waals surface area contributed by atoms with E-state index in [0.717, 1.165) is 5.56 Å². The van der Waals surface area contributed by atoms with Crippen molar-refractivity contribution >= 4 is 23.1 Å². The Morgan fingerprint density at radius 3 is 2.50 bits per heavy atom. The minimum Gasteiger partial charge on any atom is -0.383 e. The smallest absolute Gasteiger partial charge is 0.282 e. The van der Waals surface area contributed by atoms with E-state index < -0.39 is 6.04 Å². The van der Waals surface area contributed by atoms with E-state index in [-0.39, 0.29) is 17.3 Å². The molecule has 0 spiro atoms. The highest BCUT2D eigenvalue weighted by molar-refractivity contribution is 5.83. The zero-order valence-corrected chi connectivity index (χ0v) is 18.5. The molecule has 5 aromatic rings. The number of aromatic nitrogens is 7. The molecule has 11 nitrogen and oxygen atoms in total. The van der Waals surface area contributed by atoms with Crippen LogP contribution in [0.15, 0.2) is 66.1 Å². The molecule has 1 aromatic carbocycles. The van der Waals surface area contributed by atoms with Gasteiger partial charge in [-0.3, -0.25) is 9.36 Å². The molecule has 0 saturated heterocycles. The lowest BCUT2D eigenvalue weighted by molar-refractivity contribution is 0.672. The summed E-state index contributed by atoms with van der Waals surface area (Å²) < 4.78 is 3.19. The fourth-order valence-corrected chi connectivity index (χ4v) is 3.92. The normalized spacial score (nSPS) is 12.1. The number of benzene rings is 1. The van der Waals surface area contributed by atoms with Crippen molar-refractivity contribution < 1.29 is 0 Å². The summed E-state index contributed by atoms with van der Waals surface area (Å²) in [5.41, 5.74) is 15.1. The highest BCUT2D eigenvalue weighted by Gasteiger charge is 2.22. The number of hydrogen-bond donors (Lipinski definition) is 3. The number of nitrogens with one attached hydrogen (secondary N) is 1. The van der Waals surface area contributed by atoms with Gasteiger partial charge in [0, 0.05) is 24.2 Å². The Hall–Kier alpha value is -4.80. The molecule has 0 amide bonds. The van der Waals surface area contributed by atoms with E-state index >= 15 is 0 Å². The minimum atomic E-state index is -0.475. The third-order valence-corrected chi connectivity index (χ3v) is 5.47. The number of fused-ring (bicyclic) bond motifs is 1. The number of nitrogen functional groups attached to an aromatic ring is 2. The summed E-state index contributed by atoms with van der Waals surface area (Å²) >= 11 is 0. The van der Waals surface area contributed by atoms with Crippen LogP contribution in [-0.2, 0) is 0 Å². The Balaban J connectivity index is 1.68. The molecule has 4 heterocycles. The van der Waals surface area contributed by atoms with E-state index in [1.807, 2.05) is 50.2 Å². The number of anilines is 3. The van der Waals surface area contributed by atoms with Crippen molar-refractivity contribution in [1.82, 2.24) is 34.1 Å². The van der Waals surface area contributed by atoms with Crippen molar-refractivity contribution in [3.8, 4) is 16.8 Å². The van der Waals surface area contributed by atoms with E-state index in [9.17, 15) is 4.79 Å². The van der Waals surface area contributed by atoms with Crippen LogP contribution in [0.3, 0.4) is 0 Å². The monoisotopic (exact) mass is 454 g/mol. The van der Waals surface area contributed by atoms with Crippen molar-refractivity contribution in [1.29, 1.82) is 0 Å². The van der Waals surface area contributed by atoms with Gasteiger partial charge in [-0.05, 0) is 37.6 Å². The SMILES string of the molecule is Cc1ccn2nc([C@H](C)Nc3nc(N)nc(N)c3-c3cncnc3)n(-c3ccccc3)c(=O)c12. The molecule has 0 radical (unpaired) electrons. The topological polar surface area (TPSA) is 155 Å². The number of hydrogen-bond acceptors (Lipinski definition) is 9. The van der Waals surface area contributed by atoms with Gasteiger partial charge in [-0.25, -0.2) is 14.5 Å². The third kappa shape index (κ3) is 3.58. The lowest BCUT2D eigenvalue weighted by atomic mass is 10.1. The van der Waals surface area contributed by atoms with Gasteiger partial charge in [0.25, 0.3) is 5.56 Å². The fourth-order valence-electron chi connectivity index (χ4n) is 3.92. The summed E-state index contributed by atoms with van der Waals surface area (Å²) in [6, 6.07) is 10.8. The third-order valence-electron chi connectivity index (χ3n) is 5.47. The minimum absolute atomic E-state index is 0.0118. The van der Waals surface area contributed by atoms with Gasteiger partial charge in [0.05, 0.1) is 17.3 Å². The molecule has 0 fully saturated rings. The predicted molar refractivity (Wildman–Crippen MR) is 129 cm³/mol. The second kappa shape index (κ2) is 8.28. The number of nitrogens with two attached hydrogens (primary N) is 2. The van der Waals surface area contributed by atoms with Gasteiger partial charge in [0.15, 0.2) is 5.82 Å². The molecule has 34 heavy (non-hydrogen) atoms. The maximum absolute atomic E-state index is 13.6. The first-order chi connectivity index (χ1) is 16.4.